The molecule has 1 rings (SSSR count). The SMILES string of the molecule is COC(=O)/C(=C/c1cccc(C)c1Cl)N=[N+]=[N-]. The Balaban J connectivity index is 3.26. The number of nitrogens with zero attached hydrogens (tertiary/aromatic N) is 3. The topological polar surface area (TPSA) is 75.1 Å². The van der Waals surface area contributed by atoms with E-state index in [0.717, 1.165) is 5.56 Å². The van der Waals surface area contributed by atoms with Crippen LogP contribution < -0.4 is 0 Å². The van der Waals surface area contributed by atoms with Crippen molar-refractivity contribution in [1.29, 1.82) is 0 Å². The van der Waals surface area contributed by atoms with Crippen molar-refractivity contribution < 1.29 is 9.53 Å². The summed E-state index contributed by atoms with van der Waals surface area (Å²) in [5, 5.41) is 3.77. The van der Waals surface area contributed by atoms with Gasteiger partial charge in [0.25, 0.3) is 0 Å². The highest BCUT2D eigenvalue weighted by atomic mass is 35.5. The third-order valence-corrected chi connectivity index (χ3v) is 2.58. The number of ether oxygens (including phenoxy) is 1. The molecule has 6 heteroatoms. The monoisotopic (exact) mass is 251 g/mol. The van der Waals surface area contributed by atoms with Gasteiger partial charge in [0.1, 0.15) is 5.70 Å². The van der Waals surface area contributed by atoms with Gasteiger partial charge in [-0.25, -0.2) is 4.79 Å². The molecule has 0 spiro atoms. The standard InChI is InChI=1S/C11H10ClN3O2/c1-7-4-3-5-8(10(7)12)6-9(14-15-13)11(16)17-2/h3-6H,1-2H3/b9-6-. The molecule has 0 aromatic heterocycles. The zero-order chi connectivity index (χ0) is 12.8. The molecule has 0 saturated carbocycles. The molecule has 0 radical (unpaired) electrons. The smallest absolute Gasteiger partial charge is 0.340 e. The van der Waals surface area contributed by atoms with Crippen LogP contribution in [-0.2, 0) is 9.53 Å². The molecule has 0 aliphatic carbocycles. The minimum absolute atomic E-state index is 0.137. The van der Waals surface area contributed by atoms with Gasteiger partial charge in [-0.2, -0.15) is 0 Å². The lowest BCUT2D eigenvalue weighted by Crippen LogP contribution is -2.02. The highest BCUT2D eigenvalue weighted by Gasteiger charge is 2.09. The Morgan fingerprint density at radius 3 is 2.88 bits per heavy atom. The van der Waals surface area contributed by atoms with Crippen LogP contribution in [0.4, 0.5) is 0 Å². The fourth-order valence-electron chi connectivity index (χ4n) is 1.21. The number of halogens is 1. The maximum atomic E-state index is 11.3. The molecule has 1 aromatic carbocycles. The van der Waals surface area contributed by atoms with E-state index in [1.165, 1.54) is 13.2 Å². The van der Waals surface area contributed by atoms with Crippen molar-refractivity contribution in [3.63, 3.8) is 0 Å². The minimum atomic E-state index is -0.708. The fourth-order valence-corrected chi connectivity index (χ4v) is 1.39. The van der Waals surface area contributed by atoms with Gasteiger partial charge in [0, 0.05) is 4.91 Å². The molecule has 88 valence electrons. The van der Waals surface area contributed by atoms with Crippen LogP contribution >= 0.6 is 11.6 Å². The second-order valence-electron chi connectivity index (χ2n) is 3.19. The molecule has 0 aliphatic rings. The Bertz CT molecular complexity index is 519. The fraction of sp³-hybridized carbons (Fsp3) is 0.182. The number of rotatable bonds is 3. The summed E-state index contributed by atoms with van der Waals surface area (Å²) in [6.45, 7) is 1.84. The van der Waals surface area contributed by atoms with Crippen molar-refractivity contribution in [2.45, 2.75) is 6.92 Å². The van der Waals surface area contributed by atoms with Crippen molar-refractivity contribution in [3.8, 4) is 0 Å². The molecular formula is C11H10ClN3O2. The maximum absolute atomic E-state index is 11.3. The number of esters is 1. The number of hydrogen-bond acceptors (Lipinski definition) is 3. The van der Waals surface area contributed by atoms with Crippen molar-refractivity contribution in [2.75, 3.05) is 7.11 Å². The predicted octanol–water partition coefficient (Wildman–Crippen LogP) is 3.47. The first-order valence-electron chi connectivity index (χ1n) is 4.70. The number of benzene rings is 1. The normalized spacial score (nSPS) is 10.6. The molecule has 1 aromatic rings. The lowest BCUT2D eigenvalue weighted by atomic mass is 10.1. The second-order valence-corrected chi connectivity index (χ2v) is 3.57. The second kappa shape index (κ2) is 5.94. The summed E-state index contributed by atoms with van der Waals surface area (Å²) in [7, 11) is 1.21. The first-order valence-corrected chi connectivity index (χ1v) is 5.08. The summed E-state index contributed by atoms with van der Waals surface area (Å²) >= 11 is 6.05. The van der Waals surface area contributed by atoms with Gasteiger partial charge in [0.15, 0.2) is 0 Å². The molecular weight excluding hydrogens is 242 g/mol. The van der Waals surface area contributed by atoms with Crippen molar-refractivity contribution in [3.05, 3.63) is 50.5 Å². The van der Waals surface area contributed by atoms with E-state index in [4.69, 9.17) is 17.1 Å². The number of hydrogen-bond donors (Lipinski definition) is 0. The van der Waals surface area contributed by atoms with E-state index in [2.05, 4.69) is 14.8 Å². The van der Waals surface area contributed by atoms with Gasteiger partial charge in [-0.05, 0) is 29.7 Å². The quantitative estimate of drug-likeness (QED) is 0.271. The number of carbonyl (C=O) groups is 1. The summed E-state index contributed by atoms with van der Waals surface area (Å²) in [6.07, 6.45) is 1.39. The zero-order valence-corrected chi connectivity index (χ0v) is 10.1. The molecule has 0 N–H and O–H groups in total. The van der Waals surface area contributed by atoms with Crippen molar-refractivity contribution in [1.82, 2.24) is 0 Å². The van der Waals surface area contributed by atoms with Crippen LogP contribution in [0.2, 0.25) is 5.02 Å². The van der Waals surface area contributed by atoms with Crippen LogP contribution in [0.1, 0.15) is 11.1 Å². The average Bonchev–Trinajstić information content (AvgIpc) is 2.33. The lowest BCUT2D eigenvalue weighted by molar-refractivity contribution is -0.136. The van der Waals surface area contributed by atoms with Crippen LogP contribution in [0.15, 0.2) is 29.0 Å². The average molecular weight is 252 g/mol. The van der Waals surface area contributed by atoms with Gasteiger partial charge in [-0.1, -0.05) is 34.9 Å². The third-order valence-electron chi connectivity index (χ3n) is 2.06. The van der Waals surface area contributed by atoms with Gasteiger partial charge >= 0.3 is 5.97 Å². The number of azide groups is 1. The van der Waals surface area contributed by atoms with Crippen LogP contribution in [0.3, 0.4) is 0 Å². The van der Waals surface area contributed by atoms with Crippen molar-refractivity contribution in [2.24, 2.45) is 5.11 Å². The molecule has 0 aliphatic heterocycles. The number of carbonyl (C=O) groups excluding carboxylic acids is 1. The zero-order valence-electron chi connectivity index (χ0n) is 9.35. The summed E-state index contributed by atoms with van der Waals surface area (Å²) in [5.41, 5.74) is 9.69. The Kier molecular flexibility index (Phi) is 4.57. The maximum Gasteiger partial charge on any atom is 0.340 e. The Hall–Kier alpha value is -1.97. The molecule has 0 saturated heterocycles. The minimum Gasteiger partial charge on any atom is -0.466 e. The van der Waals surface area contributed by atoms with Crippen molar-refractivity contribution >= 4 is 23.6 Å². The van der Waals surface area contributed by atoms with Crippen LogP contribution in [0.25, 0.3) is 16.5 Å². The number of methoxy groups -OCH3 is 1. The highest BCUT2D eigenvalue weighted by Crippen LogP contribution is 2.23. The highest BCUT2D eigenvalue weighted by molar-refractivity contribution is 6.32. The van der Waals surface area contributed by atoms with Crippen LogP contribution in [0.5, 0.6) is 0 Å². The molecule has 0 fully saturated rings. The van der Waals surface area contributed by atoms with E-state index in [1.807, 2.05) is 13.0 Å². The van der Waals surface area contributed by atoms with E-state index in [0.29, 0.717) is 10.6 Å². The molecule has 0 heterocycles. The predicted molar refractivity (Wildman–Crippen MR) is 65.3 cm³/mol. The molecule has 0 amide bonds. The Labute approximate surface area is 103 Å². The summed E-state index contributed by atoms with van der Waals surface area (Å²) in [6, 6.07) is 5.34. The summed E-state index contributed by atoms with van der Waals surface area (Å²) < 4.78 is 4.49. The molecule has 17 heavy (non-hydrogen) atoms. The van der Waals surface area contributed by atoms with Gasteiger partial charge < -0.3 is 4.74 Å². The van der Waals surface area contributed by atoms with E-state index in [-0.39, 0.29) is 5.70 Å². The molecule has 0 bridgehead atoms. The third kappa shape index (κ3) is 3.24. The first-order chi connectivity index (χ1) is 8.10. The van der Waals surface area contributed by atoms with Gasteiger partial charge in [0.05, 0.1) is 12.1 Å². The van der Waals surface area contributed by atoms with E-state index >= 15 is 0 Å². The Morgan fingerprint density at radius 2 is 2.29 bits per heavy atom. The lowest BCUT2D eigenvalue weighted by Gasteiger charge is -2.03. The van der Waals surface area contributed by atoms with E-state index in [1.54, 1.807) is 12.1 Å². The van der Waals surface area contributed by atoms with Crippen LogP contribution in [0, 0.1) is 6.92 Å². The molecule has 5 nitrogen and oxygen atoms in total. The van der Waals surface area contributed by atoms with E-state index < -0.39 is 5.97 Å². The molecule has 0 atom stereocenters. The van der Waals surface area contributed by atoms with Gasteiger partial charge in [0.2, 0.25) is 0 Å². The summed E-state index contributed by atoms with van der Waals surface area (Å²) in [5.74, 6) is -0.708. The Morgan fingerprint density at radius 1 is 1.59 bits per heavy atom. The van der Waals surface area contributed by atoms with Gasteiger partial charge in [-0.3, -0.25) is 0 Å². The van der Waals surface area contributed by atoms with Gasteiger partial charge in [-0.15, -0.1) is 0 Å². The summed E-state index contributed by atoms with van der Waals surface area (Å²) in [4.78, 5) is 13.9. The number of aryl methyl sites for hydroxylation is 1. The van der Waals surface area contributed by atoms with E-state index in [9.17, 15) is 4.79 Å². The first kappa shape index (κ1) is 13.1. The molecule has 0 unspecified atom stereocenters. The largest absolute Gasteiger partial charge is 0.466 e. The van der Waals surface area contributed by atoms with Crippen LogP contribution in [-0.4, -0.2) is 13.1 Å².